The second-order valence-corrected chi connectivity index (χ2v) is 10.1. The van der Waals surface area contributed by atoms with Crippen molar-refractivity contribution in [2.24, 2.45) is 0 Å². The lowest BCUT2D eigenvalue weighted by atomic mass is 10.1. The molecule has 8 nitrogen and oxygen atoms in total. The van der Waals surface area contributed by atoms with Crippen molar-refractivity contribution in [1.82, 2.24) is 29.5 Å². The van der Waals surface area contributed by atoms with Gasteiger partial charge >= 0.3 is 5.69 Å². The molecule has 0 radical (unpaired) electrons. The molecule has 2 saturated carbocycles. The van der Waals surface area contributed by atoms with Gasteiger partial charge in [0.15, 0.2) is 5.65 Å². The first-order chi connectivity index (χ1) is 14.8. The Morgan fingerprint density at radius 1 is 1.00 bits per heavy atom. The molecule has 2 aliphatic rings. The highest BCUT2D eigenvalue weighted by Gasteiger charge is 2.32. The molecule has 162 valence electrons. The highest BCUT2D eigenvalue weighted by Crippen LogP contribution is 2.41. The number of hydrogen-bond acceptors (Lipinski definition) is 7. The van der Waals surface area contributed by atoms with E-state index in [0.717, 1.165) is 48.1 Å². The van der Waals surface area contributed by atoms with E-state index in [1.807, 2.05) is 6.07 Å². The van der Waals surface area contributed by atoms with Gasteiger partial charge in [-0.3, -0.25) is 14.3 Å². The van der Waals surface area contributed by atoms with Gasteiger partial charge in [-0.2, -0.15) is 0 Å². The van der Waals surface area contributed by atoms with Crippen LogP contribution in [0.25, 0.3) is 11.0 Å². The Morgan fingerprint density at radius 3 is 2.35 bits per heavy atom. The van der Waals surface area contributed by atoms with Gasteiger partial charge in [-0.15, -0.1) is 0 Å². The minimum atomic E-state index is -0.441. The predicted octanol–water partition coefficient (Wildman–Crippen LogP) is 3.88. The fraction of sp³-hybridized carbons (Fsp3) is 0.545. The number of H-pyrrole nitrogens is 1. The Kier molecular flexibility index (Phi) is 4.96. The third-order valence-electron chi connectivity index (χ3n) is 5.67. The van der Waals surface area contributed by atoms with Gasteiger partial charge in [0, 0.05) is 23.6 Å². The van der Waals surface area contributed by atoms with Gasteiger partial charge in [0.2, 0.25) is 0 Å². The number of rotatable bonds is 6. The maximum atomic E-state index is 12.9. The van der Waals surface area contributed by atoms with Crippen molar-refractivity contribution in [2.75, 3.05) is 0 Å². The van der Waals surface area contributed by atoms with E-state index in [4.69, 9.17) is 19.9 Å². The summed E-state index contributed by atoms with van der Waals surface area (Å²) in [5.74, 6) is 2.24. The van der Waals surface area contributed by atoms with Gasteiger partial charge in [-0.25, -0.2) is 24.7 Å². The summed E-state index contributed by atoms with van der Waals surface area (Å²) in [5, 5.41) is 1.69. The van der Waals surface area contributed by atoms with E-state index in [-0.39, 0.29) is 23.6 Å². The number of aromatic nitrogens is 6. The molecule has 0 amide bonds. The summed E-state index contributed by atoms with van der Waals surface area (Å²) in [6, 6.07) is 2.07. The summed E-state index contributed by atoms with van der Waals surface area (Å²) in [5.41, 5.74) is 0.593. The SMILES string of the molecule is CC(C)c1cc(Sc2nc(C3CC3)nc3c2c(=O)[nH]c(=O)n3C2CC2)nc(C(C)C)n1. The van der Waals surface area contributed by atoms with E-state index < -0.39 is 5.56 Å². The van der Waals surface area contributed by atoms with Crippen LogP contribution in [0.15, 0.2) is 25.7 Å². The van der Waals surface area contributed by atoms with Crippen LogP contribution in [0, 0.1) is 0 Å². The zero-order valence-corrected chi connectivity index (χ0v) is 19.0. The summed E-state index contributed by atoms with van der Waals surface area (Å²) >= 11 is 1.36. The van der Waals surface area contributed by atoms with Crippen LogP contribution in [0.3, 0.4) is 0 Å². The Hall–Kier alpha value is -2.55. The molecule has 3 aromatic rings. The molecule has 3 heterocycles. The average Bonchev–Trinajstić information content (AvgIpc) is 3.60. The van der Waals surface area contributed by atoms with Crippen LogP contribution >= 0.6 is 11.8 Å². The molecule has 3 aromatic heterocycles. The number of aromatic amines is 1. The molecule has 0 spiro atoms. The van der Waals surface area contributed by atoms with Crippen LogP contribution in [0.4, 0.5) is 0 Å². The van der Waals surface area contributed by atoms with E-state index in [2.05, 4.69) is 32.7 Å². The first-order valence-electron chi connectivity index (χ1n) is 10.9. The number of fused-ring (bicyclic) bond motifs is 1. The van der Waals surface area contributed by atoms with Crippen LogP contribution in [-0.4, -0.2) is 29.5 Å². The van der Waals surface area contributed by atoms with Crippen molar-refractivity contribution < 1.29 is 0 Å². The third kappa shape index (κ3) is 3.91. The Balaban J connectivity index is 1.71. The molecular formula is C22H26N6O2S. The summed E-state index contributed by atoms with van der Waals surface area (Å²) < 4.78 is 1.65. The largest absolute Gasteiger partial charge is 0.330 e. The summed E-state index contributed by atoms with van der Waals surface area (Å²) in [6.45, 7) is 8.34. The molecular weight excluding hydrogens is 412 g/mol. The quantitative estimate of drug-likeness (QED) is 0.582. The second-order valence-electron chi connectivity index (χ2n) is 9.12. The van der Waals surface area contributed by atoms with Gasteiger partial charge < -0.3 is 0 Å². The smallest absolute Gasteiger partial charge is 0.274 e. The zero-order chi connectivity index (χ0) is 21.9. The molecule has 2 aliphatic carbocycles. The van der Waals surface area contributed by atoms with Crippen LogP contribution < -0.4 is 11.2 Å². The molecule has 0 aliphatic heterocycles. The zero-order valence-electron chi connectivity index (χ0n) is 18.2. The van der Waals surface area contributed by atoms with Crippen LogP contribution in [0.1, 0.15) is 94.5 Å². The fourth-order valence-corrected chi connectivity index (χ4v) is 4.51. The summed E-state index contributed by atoms with van der Waals surface area (Å²) in [6.07, 6.45) is 3.92. The summed E-state index contributed by atoms with van der Waals surface area (Å²) in [4.78, 5) is 46.8. The highest BCUT2D eigenvalue weighted by molar-refractivity contribution is 7.99. The van der Waals surface area contributed by atoms with Gasteiger partial charge in [0.1, 0.15) is 27.1 Å². The Labute approximate surface area is 184 Å². The maximum Gasteiger partial charge on any atom is 0.330 e. The van der Waals surface area contributed by atoms with E-state index in [1.165, 1.54) is 11.8 Å². The van der Waals surface area contributed by atoms with Crippen molar-refractivity contribution in [3.8, 4) is 0 Å². The van der Waals surface area contributed by atoms with Gasteiger partial charge in [-0.1, -0.05) is 27.7 Å². The standard InChI is InChI=1S/C22H26N6O2S/c1-10(2)14-9-15(24-17(23-14)11(3)4)31-21-16-19(25-18(26-21)12-5-6-12)28(13-7-8-13)22(30)27-20(16)29/h9-13H,5-8H2,1-4H3,(H,27,29,30). The first-order valence-corrected chi connectivity index (χ1v) is 11.8. The van der Waals surface area contributed by atoms with Gasteiger partial charge in [0.05, 0.1) is 0 Å². The number of nitrogens with zero attached hydrogens (tertiary/aromatic N) is 5. The normalized spacial score (nSPS) is 16.6. The van der Waals surface area contributed by atoms with E-state index in [0.29, 0.717) is 22.0 Å². The molecule has 0 bridgehead atoms. The van der Waals surface area contributed by atoms with Crippen LogP contribution in [0.2, 0.25) is 0 Å². The highest BCUT2D eigenvalue weighted by atomic mass is 32.2. The molecule has 5 rings (SSSR count). The number of hydrogen-bond donors (Lipinski definition) is 1. The molecule has 31 heavy (non-hydrogen) atoms. The van der Waals surface area contributed by atoms with Gasteiger partial charge in [-0.05, 0) is 49.4 Å². The third-order valence-corrected chi connectivity index (χ3v) is 6.58. The molecule has 0 unspecified atom stereocenters. The van der Waals surface area contributed by atoms with Crippen LogP contribution in [0.5, 0.6) is 0 Å². The lowest BCUT2D eigenvalue weighted by Crippen LogP contribution is -2.31. The lowest BCUT2D eigenvalue weighted by molar-refractivity contribution is 0.690. The Morgan fingerprint density at radius 2 is 1.74 bits per heavy atom. The minimum Gasteiger partial charge on any atom is -0.274 e. The van der Waals surface area contributed by atoms with Crippen molar-refractivity contribution in [2.45, 2.75) is 87.2 Å². The first kappa shape index (κ1) is 20.4. The molecule has 0 saturated heterocycles. The van der Waals surface area contributed by atoms with Crippen molar-refractivity contribution in [3.63, 3.8) is 0 Å². The van der Waals surface area contributed by atoms with Crippen molar-refractivity contribution in [3.05, 3.63) is 44.2 Å². The Bertz CT molecular complexity index is 1260. The lowest BCUT2D eigenvalue weighted by Gasteiger charge is -2.14. The predicted molar refractivity (Wildman–Crippen MR) is 119 cm³/mol. The molecule has 0 aromatic carbocycles. The molecule has 1 N–H and O–H groups in total. The van der Waals surface area contributed by atoms with Crippen molar-refractivity contribution in [1.29, 1.82) is 0 Å². The summed E-state index contributed by atoms with van der Waals surface area (Å²) in [7, 11) is 0. The minimum absolute atomic E-state index is 0.103. The van der Waals surface area contributed by atoms with E-state index in [1.54, 1.807) is 4.57 Å². The molecule has 0 atom stereocenters. The maximum absolute atomic E-state index is 12.9. The van der Waals surface area contributed by atoms with Crippen molar-refractivity contribution >= 4 is 22.8 Å². The number of nitrogens with one attached hydrogen (secondary N) is 1. The second kappa shape index (κ2) is 7.55. The van der Waals surface area contributed by atoms with E-state index >= 15 is 0 Å². The molecule has 2 fully saturated rings. The van der Waals surface area contributed by atoms with Crippen LogP contribution in [-0.2, 0) is 0 Å². The average molecular weight is 439 g/mol. The topological polar surface area (TPSA) is 106 Å². The monoisotopic (exact) mass is 438 g/mol. The van der Waals surface area contributed by atoms with Gasteiger partial charge in [0.25, 0.3) is 5.56 Å². The van der Waals surface area contributed by atoms with E-state index in [9.17, 15) is 9.59 Å². The fourth-order valence-electron chi connectivity index (χ4n) is 3.57. The molecule has 9 heteroatoms.